The lowest BCUT2D eigenvalue weighted by Crippen LogP contribution is -2.44. The first-order valence-corrected chi connectivity index (χ1v) is 10.8. The second-order valence-corrected chi connectivity index (χ2v) is 9.20. The van der Waals surface area contributed by atoms with Gasteiger partial charge in [0, 0.05) is 25.5 Å². The van der Waals surface area contributed by atoms with E-state index in [0.717, 1.165) is 0 Å². The standard InChI is InChI=1S/C19H21N3O6S/c1-12-16(15(10-20)18(27-12)22-7-4-5-8-22)19(24)28-13(2)17(23)21(3)14-6-9-29(25,26)11-14/h4-5,7-8,13-14H,6,9,11H2,1-3H3/t13-,14+/m0/s1. The van der Waals surface area contributed by atoms with Gasteiger partial charge in [-0.05, 0) is 32.4 Å². The summed E-state index contributed by atoms with van der Waals surface area (Å²) in [6.07, 6.45) is 2.55. The topological polar surface area (TPSA) is 123 Å². The van der Waals surface area contributed by atoms with Gasteiger partial charge >= 0.3 is 5.97 Å². The van der Waals surface area contributed by atoms with E-state index < -0.39 is 33.9 Å². The highest BCUT2D eigenvalue weighted by Gasteiger charge is 2.36. The number of likely N-dealkylation sites (N-methyl/N-ethyl adjacent to an activating group) is 1. The number of amides is 1. The molecule has 9 nitrogen and oxygen atoms in total. The van der Waals surface area contributed by atoms with E-state index in [1.807, 2.05) is 6.07 Å². The smallest absolute Gasteiger partial charge is 0.343 e. The quantitative estimate of drug-likeness (QED) is 0.672. The molecule has 1 aliphatic rings. The van der Waals surface area contributed by atoms with Crippen molar-refractivity contribution < 1.29 is 27.2 Å². The summed E-state index contributed by atoms with van der Waals surface area (Å²) in [5.74, 6) is -1.04. The van der Waals surface area contributed by atoms with Crippen LogP contribution in [0.2, 0.25) is 0 Å². The lowest BCUT2D eigenvalue weighted by molar-refractivity contribution is -0.140. The molecule has 0 saturated carbocycles. The normalized spacial score (nSPS) is 18.8. The predicted octanol–water partition coefficient (Wildman–Crippen LogP) is 1.44. The lowest BCUT2D eigenvalue weighted by atomic mass is 10.1. The number of nitrogens with zero attached hydrogens (tertiary/aromatic N) is 3. The van der Waals surface area contributed by atoms with E-state index in [4.69, 9.17) is 9.15 Å². The highest BCUT2D eigenvalue weighted by atomic mass is 32.2. The maximum Gasteiger partial charge on any atom is 0.343 e. The number of carbonyl (C=O) groups is 2. The first kappa shape index (κ1) is 20.7. The zero-order valence-electron chi connectivity index (χ0n) is 16.3. The minimum atomic E-state index is -3.15. The number of carbonyl (C=O) groups excluding carboxylic acids is 2. The molecule has 0 aromatic carbocycles. The number of hydrogen-bond donors (Lipinski definition) is 0. The molecule has 0 bridgehead atoms. The highest BCUT2D eigenvalue weighted by molar-refractivity contribution is 7.91. The van der Waals surface area contributed by atoms with Gasteiger partial charge in [0.05, 0.1) is 11.5 Å². The summed E-state index contributed by atoms with van der Waals surface area (Å²) in [7, 11) is -1.66. The largest absolute Gasteiger partial charge is 0.449 e. The molecule has 29 heavy (non-hydrogen) atoms. The maximum absolute atomic E-state index is 12.7. The number of sulfone groups is 1. The van der Waals surface area contributed by atoms with Gasteiger partial charge in [0.15, 0.2) is 15.9 Å². The number of esters is 1. The van der Waals surface area contributed by atoms with Crippen molar-refractivity contribution in [1.29, 1.82) is 5.26 Å². The highest BCUT2D eigenvalue weighted by Crippen LogP contribution is 2.26. The first-order chi connectivity index (χ1) is 13.6. The van der Waals surface area contributed by atoms with Crippen LogP contribution in [0.1, 0.15) is 35.0 Å². The van der Waals surface area contributed by atoms with Crippen molar-refractivity contribution in [3.05, 3.63) is 41.4 Å². The van der Waals surface area contributed by atoms with Crippen LogP contribution in [0, 0.1) is 18.3 Å². The molecule has 1 aliphatic heterocycles. The predicted molar refractivity (Wildman–Crippen MR) is 102 cm³/mol. The molecule has 1 saturated heterocycles. The summed E-state index contributed by atoms with van der Waals surface area (Å²) in [5.41, 5.74) is -0.0273. The molecule has 2 atom stereocenters. The summed E-state index contributed by atoms with van der Waals surface area (Å²) in [5, 5.41) is 9.52. The van der Waals surface area contributed by atoms with Crippen molar-refractivity contribution >= 4 is 21.7 Å². The van der Waals surface area contributed by atoms with Crippen LogP contribution in [0.4, 0.5) is 0 Å². The zero-order valence-corrected chi connectivity index (χ0v) is 17.1. The molecule has 1 fully saturated rings. The molecule has 0 spiro atoms. The van der Waals surface area contributed by atoms with Crippen LogP contribution in [0.15, 0.2) is 28.9 Å². The molecular weight excluding hydrogens is 398 g/mol. The summed E-state index contributed by atoms with van der Waals surface area (Å²) >= 11 is 0. The van der Waals surface area contributed by atoms with Gasteiger partial charge in [-0.25, -0.2) is 13.2 Å². The molecule has 0 unspecified atom stereocenters. The lowest BCUT2D eigenvalue weighted by Gasteiger charge is -2.26. The molecule has 0 radical (unpaired) electrons. The SMILES string of the molecule is Cc1oc(-n2cccc2)c(C#N)c1C(=O)O[C@@H](C)C(=O)N(C)[C@@H]1CCS(=O)(=O)C1. The molecule has 0 aliphatic carbocycles. The third-order valence-corrected chi connectivity index (χ3v) is 6.71. The second-order valence-electron chi connectivity index (χ2n) is 6.97. The van der Waals surface area contributed by atoms with Gasteiger partial charge in [-0.15, -0.1) is 0 Å². The summed E-state index contributed by atoms with van der Waals surface area (Å²) in [6, 6.07) is 5.00. The van der Waals surface area contributed by atoms with Crippen molar-refractivity contribution in [2.45, 2.75) is 32.4 Å². The summed E-state index contributed by atoms with van der Waals surface area (Å²) in [4.78, 5) is 26.6. The van der Waals surface area contributed by atoms with Crippen LogP contribution in [0.3, 0.4) is 0 Å². The van der Waals surface area contributed by atoms with Crippen molar-refractivity contribution in [2.75, 3.05) is 18.6 Å². The van der Waals surface area contributed by atoms with Crippen molar-refractivity contribution in [3.8, 4) is 12.0 Å². The zero-order chi connectivity index (χ0) is 21.3. The Morgan fingerprint density at radius 1 is 1.38 bits per heavy atom. The number of hydrogen-bond acceptors (Lipinski definition) is 7. The van der Waals surface area contributed by atoms with Gasteiger partial charge in [-0.2, -0.15) is 5.26 Å². The van der Waals surface area contributed by atoms with Crippen molar-refractivity contribution in [3.63, 3.8) is 0 Å². The summed E-state index contributed by atoms with van der Waals surface area (Å²) < 4.78 is 35.7. The van der Waals surface area contributed by atoms with Crippen LogP contribution in [0.25, 0.3) is 5.88 Å². The Bertz CT molecular complexity index is 1080. The molecule has 1 amide bonds. The van der Waals surface area contributed by atoms with Crippen molar-refractivity contribution in [2.24, 2.45) is 0 Å². The second kappa shape index (κ2) is 7.75. The molecule has 2 aromatic rings. The monoisotopic (exact) mass is 419 g/mol. The van der Waals surface area contributed by atoms with E-state index in [0.29, 0.717) is 6.42 Å². The van der Waals surface area contributed by atoms with Gasteiger partial charge in [0.25, 0.3) is 5.91 Å². The van der Waals surface area contributed by atoms with E-state index >= 15 is 0 Å². The number of rotatable bonds is 5. The first-order valence-electron chi connectivity index (χ1n) is 8.99. The van der Waals surface area contributed by atoms with Gasteiger partial charge in [0.1, 0.15) is 23.0 Å². The fourth-order valence-corrected chi connectivity index (χ4v) is 5.12. The van der Waals surface area contributed by atoms with Gasteiger partial charge < -0.3 is 14.1 Å². The van der Waals surface area contributed by atoms with Crippen LogP contribution in [-0.4, -0.2) is 60.5 Å². The molecule has 154 valence electrons. The van der Waals surface area contributed by atoms with Crippen LogP contribution >= 0.6 is 0 Å². The van der Waals surface area contributed by atoms with E-state index in [1.54, 1.807) is 29.1 Å². The Labute approximate surface area is 168 Å². The van der Waals surface area contributed by atoms with Crippen molar-refractivity contribution in [1.82, 2.24) is 9.47 Å². The molecule has 0 N–H and O–H groups in total. The number of furan rings is 1. The maximum atomic E-state index is 12.7. The average Bonchev–Trinajstić information content (AvgIpc) is 3.38. The molecular formula is C19H21N3O6S. The molecule has 3 heterocycles. The van der Waals surface area contributed by atoms with Gasteiger partial charge in [-0.1, -0.05) is 0 Å². The van der Waals surface area contributed by atoms with E-state index in [1.165, 1.54) is 25.8 Å². The Kier molecular flexibility index (Phi) is 5.53. The van der Waals surface area contributed by atoms with E-state index in [-0.39, 0.29) is 34.3 Å². The third-order valence-electron chi connectivity index (χ3n) is 4.96. The average molecular weight is 419 g/mol. The van der Waals surface area contributed by atoms with Crippen LogP contribution < -0.4 is 0 Å². The minimum Gasteiger partial charge on any atom is -0.449 e. The Balaban J connectivity index is 1.76. The van der Waals surface area contributed by atoms with Crippen LogP contribution in [0.5, 0.6) is 0 Å². The Morgan fingerprint density at radius 3 is 2.59 bits per heavy atom. The fourth-order valence-electron chi connectivity index (χ4n) is 3.35. The van der Waals surface area contributed by atoms with E-state index in [9.17, 15) is 23.3 Å². The Hall–Kier alpha value is -3.06. The Morgan fingerprint density at radius 2 is 2.03 bits per heavy atom. The van der Waals surface area contributed by atoms with Crippen LogP contribution in [-0.2, 0) is 19.4 Å². The van der Waals surface area contributed by atoms with Gasteiger partial charge in [0.2, 0.25) is 5.88 Å². The molecule has 3 rings (SSSR count). The molecule has 2 aromatic heterocycles. The number of nitriles is 1. The number of ether oxygens (including phenoxy) is 1. The third kappa shape index (κ3) is 4.05. The number of aryl methyl sites for hydroxylation is 1. The fraction of sp³-hybridized carbons (Fsp3) is 0.421. The molecule has 10 heteroatoms. The van der Waals surface area contributed by atoms with E-state index in [2.05, 4.69) is 0 Å². The van der Waals surface area contributed by atoms with Gasteiger partial charge in [-0.3, -0.25) is 9.36 Å². The summed E-state index contributed by atoms with van der Waals surface area (Å²) in [6.45, 7) is 2.95. The number of aromatic nitrogens is 1. The minimum absolute atomic E-state index is 0.0126.